The zero-order valence-corrected chi connectivity index (χ0v) is 13.4. The van der Waals surface area contributed by atoms with E-state index in [0.29, 0.717) is 0 Å². The first-order chi connectivity index (χ1) is 9.19. The van der Waals surface area contributed by atoms with E-state index in [1.54, 1.807) is 6.07 Å². The number of carbonyl (C=O) groups is 2. The largest absolute Gasteiger partial charge is 0.426 e. The Balaban J connectivity index is 2.84. The molecule has 20 heavy (non-hydrogen) atoms. The van der Waals surface area contributed by atoms with E-state index >= 15 is 0 Å². The molecule has 110 valence electrons. The molecule has 9 heteroatoms. The maximum absolute atomic E-state index is 11.9. The van der Waals surface area contributed by atoms with Gasteiger partial charge < -0.3 is 10.1 Å². The van der Waals surface area contributed by atoms with Gasteiger partial charge in [-0.15, -0.1) is 0 Å². The lowest BCUT2D eigenvalue weighted by atomic mass is 10.2. The average Bonchev–Trinajstić information content (AvgIpc) is 2.26. The van der Waals surface area contributed by atoms with E-state index in [1.807, 2.05) is 22.6 Å². The van der Waals surface area contributed by atoms with Crippen LogP contribution in [0.5, 0.6) is 5.75 Å². The number of hydrogen-bond acceptors (Lipinski definition) is 5. The van der Waals surface area contributed by atoms with Gasteiger partial charge in [-0.25, -0.2) is 0 Å². The van der Waals surface area contributed by atoms with E-state index in [9.17, 15) is 18.0 Å². The molecule has 1 aromatic carbocycles. The van der Waals surface area contributed by atoms with E-state index in [0.717, 1.165) is 3.57 Å². The molecule has 0 aliphatic rings. The first kappa shape index (κ1) is 16.9. The third kappa shape index (κ3) is 5.84. The Labute approximate surface area is 129 Å². The van der Waals surface area contributed by atoms with Gasteiger partial charge in [0.25, 0.3) is 16.0 Å². The van der Waals surface area contributed by atoms with Gasteiger partial charge >= 0.3 is 5.97 Å². The maximum atomic E-state index is 11.9. The van der Waals surface area contributed by atoms with Crippen LogP contribution in [-0.2, 0) is 14.9 Å². The van der Waals surface area contributed by atoms with Crippen molar-refractivity contribution in [1.82, 2.24) is 5.32 Å². The van der Waals surface area contributed by atoms with E-state index in [2.05, 4.69) is 5.32 Å². The summed E-state index contributed by atoms with van der Waals surface area (Å²) in [6.07, 6.45) is 0. The number of nitrogens with one attached hydrogen (secondary N) is 1. The van der Waals surface area contributed by atoms with Crippen LogP contribution in [0.1, 0.15) is 17.3 Å². The molecule has 2 N–H and O–H groups in total. The summed E-state index contributed by atoms with van der Waals surface area (Å²) in [7, 11) is -4.14. The van der Waals surface area contributed by atoms with Crippen LogP contribution in [0.25, 0.3) is 0 Å². The summed E-state index contributed by atoms with van der Waals surface area (Å²) in [6.45, 7) is 0.961. The molecular formula is C11H12INO6S. The van der Waals surface area contributed by atoms with Crippen LogP contribution in [-0.4, -0.2) is 37.1 Å². The Bertz CT molecular complexity index is 628. The number of benzene rings is 1. The SMILES string of the molecule is CC(=O)Oc1cc(I)ccc1C(=O)NCCS(=O)(=O)O. The summed E-state index contributed by atoms with van der Waals surface area (Å²) in [5.74, 6) is -1.67. The van der Waals surface area contributed by atoms with Crippen molar-refractivity contribution in [1.29, 1.82) is 0 Å². The Hall–Kier alpha value is -1.20. The molecule has 0 aliphatic heterocycles. The molecule has 0 heterocycles. The van der Waals surface area contributed by atoms with Crippen molar-refractivity contribution < 1.29 is 27.3 Å². The van der Waals surface area contributed by atoms with E-state index in [4.69, 9.17) is 9.29 Å². The third-order valence-electron chi connectivity index (χ3n) is 2.09. The number of ether oxygens (including phenoxy) is 1. The van der Waals surface area contributed by atoms with Crippen LogP contribution in [0.2, 0.25) is 0 Å². The highest BCUT2D eigenvalue weighted by atomic mass is 127. The minimum Gasteiger partial charge on any atom is -0.426 e. The van der Waals surface area contributed by atoms with Crippen molar-refractivity contribution in [2.75, 3.05) is 12.3 Å². The Morgan fingerprint density at radius 3 is 2.60 bits per heavy atom. The van der Waals surface area contributed by atoms with Crippen molar-refractivity contribution in [2.24, 2.45) is 0 Å². The monoisotopic (exact) mass is 413 g/mol. The highest BCUT2D eigenvalue weighted by molar-refractivity contribution is 14.1. The van der Waals surface area contributed by atoms with Gasteiger partial charge in [0.05, 0.1) is 11.3 Å². The summed E-state index contributed by atoms with van der Waals surface area (Å²) >= 11 is 2.00. The fraction of sp³-hybridized carbons (Fsp3) is 0.273. The molecule has 1 aromatic rings. The van der Waals surface area contributed by atoms with Crippen molar-refractivity contribution >= 4 is 44.6 Å². The van der Waals surface area contributed by atoms with Crippen molar-refractivity contribution in [3.8, 4) is 5.75 Å². The molecule has 1 rings (SSSR count). The third-order valence-corrected chi connectivity index (χ3v) is 3.48. The smallest absolute Gasteiger partial charge is 0.308 e. The molecular weight excluding hydrogens is 401 g/mol. The topological polar surface area (TPSA) is 110 Å². The lowest BCUT2D eigenvalue weighted by Gasteiger charge is -2.09. The Morgan fingerprint density at radius 2 is 2.05 bits per heavy atom. The van der Waals surface area contributed by atoms with Crippen molar-refractivity contribution in [3.63, 3.8) is 0 Å². The fourth-order valence-corrected chi connectivity index (χ4v) is 2.13. The van der Waals surface area contributed by atoms with Crippen molar-refractivity contribution in [2.45, 2.75) is 6.92 Å². The standard InChI is InChI=1S/C11H12INO6S/c1-7(14)19-10-6-8(12)2-3-9(10)11(15)13-4-5-20(16,17)18/h2-3,6H,4-5H2,1H3,(H,13,15)(H,16,17,18). The molecule has 0 fully saturated rings. The second-order valence-electron chi connectivity index (χ2n) is 3.78. The number of hydrogen-bond donors (Lipinski definition) is 2. The molecule has 0 aromatic heterocycles. The van der Waals surface area contributed by atoms with Gasteiger partial charge in [-0.1, -0.05) is 0 Å². The average molecular weight is 413 g/mol. The highest BCUT2D eigenvalue weighted by Crippen LogP contribution is 2.21. The van der Waals surface area contributed by atoms with E-state index in [-0.39, 0.29) is 17.9 Å². The molecule has 1 amide bonds. The molecule has 0 saturated heterocycles. The zero-order chi connectivity index (χ0) is 15.3. The van der Waals surface area contributed by atoms with Gasteiger partial charge in [0.15, 0.2) is 0 Å². The van der Waals surface area contributed by atoms with Crippen LogP contribution < -0.4 is 10.1 Å². The number of esters is 1. The lowest BCUT2D eigenvalue weighted by molar-refractivity contribution is -0.131. The molecule has 0 aliphatic carbocycles. The predicted octanol–water partition coefficient (Wildman–Crippen LogP) is 0.834. The first-order valence-electron chi connectivity index (χ1n) is 5.40. The highest BCUT2D eigenvalue weighted by Gasteiger charge is 2.15. The Kier molecular flexibility index (Phi) is 5.89. The van der Waals surface area contributed by atoms with E-state index < -0.39 is 27.7 Å². The number of halogens is 1. The molecule has 0 atom stereocenters. The van der Waals surface area contributed by atoms with Crippen LogP contribution >= 0.6 is 22.6 Å². The van der Waals surface area contributed by atoms with E-state index in [1.165, 1.54) is 19.1 Å². The molecule has 7 nitrogen and oxygen atoms in total. The molecule has 0 bridgehead atoms. The predicted molar refractivity (Wildman–Crippen MR) is 79.2 cm³/mol. The summed E-state index contributed by atoms with van der Waals surface area (Å²) in [4.78, 5) is 22.8. The normalized spacial score (nSPS) is 10.9. The quantitative estimate of drug-likeness (QED) is 0.321. The first-order valence-corrected chi connectivity index (χ1v) is 8.09. The maximum Gasteiger partial charge on any atom is 0.308 e. The minimum absolute atomic E-state index is 0.0914. The lowest BCUT2D eigenvalue weighted by Crippen LogP contribution is -2.29. The number of amides is 1. The van der Waals surface area contributed by atoms with Crippen molar-refractivity contribution in [3.05, 3.63) is 27.3 Å². The summed E-state index contributed by atoms with van der Waals surface area (Å²) in [5, 5.41) is 2.32. The van der Waals surface area contributed by atoms with Crippen LogP contribution in [0.3, 0.4) is 0 Å². The number of rotatable bonds is 5. The van der Waals surface area contributed by atoms with Gasteiger partial charge in [0.1, 0.15) is 5.75 Å². The zero-order valence-electron chi connectivity index (χ0n) is 10.4. The van der Waals surface area contributed by atoms with Gasteiger partial charge in [-0.2, -0.15) is 8.42 Å². The molecule has 0 radical (unpaired) electrons. The fourth-order valence-electron chi connectivity index (χ4n) is 1.31. The van der Waals surface area contributed by atoms with Gasteiger partial charge in [-0.3, -0.25) is 14.1 Å². The van der Waals surface area contributed by atoms with Gasteiger partial charge in [0, 0.05) is 17.0 Å². The van der Waals surface area contributed by atoms with Gasteiger partial charge in [-0.05, 0) is 40.8 Å². The summed E-state index contributed by atoms with van der Waals surface area (Å²) in [6, 6.07) is 4.62. The van der Waals surface area contributed by atoms with Crippen LogP contribution in [0.15, 0.2) is 18.2 Å². The second kappa shape index (κ2) is 6.99. The summed E-state index contributed by atoms with van der Waals surface area (Å²) < 4.78 is 35.3. The molecule has 0 spiro atoms. The molecule has 0 saturated carbocycles. The summed E-state index contributed by atoms with van der Waals surface area (Å²) in [5.41, 5.74) is 0.107. The number of carbonyl (C=O) groups excluding carboxylic acids is 2. The van der Waals surface area contributed by atoms with Gasteiger partial charge in [0.2, 0.25) is 0 Å². The molecule has 0 unspecified atom stereocenters. The second-order valence-corrected chi connectivity index (χ2v) is 6.59. The van der Waals surface area contributed by atoms with Crippen LogP contribution in [0, 0.1) is 3.57 Å². The van der Waals surface area contributed by atoms with Crippen LogP contribution in [0.4, 0.5) is 0 Å². The minimum atomic E-state index is -4.14. The Morgan fingerprint density at radius 1 is 1.40 bits per heavy atom.